The van der Waals surface area contributed by atoms with Gasteiger partial charge in [-0.05, 0) is 91.1 Å². The van der Waals surface area contributed by atoms with Crippen LogP contribution in [0.5, 0.6) is 0 Å². The molecule has 0 saturated carbocycles. The molecule has 5 heterocycles. The number of esters is 1. The summed E-state index contributed by atoms with van der Waals surface area (Å²) in [4.78, 5) is 37.4. The molecule has 0 unspecified atom stereocenters. The Balaban J connectivity index is 1.27. The average molecular weight is 702 g/mol. The van der Waals surface area contributed by atoms with Gasteiger partial charge in [0.25, 0.3) is 5.56 Å². The third kappa shape index (κ3) is 6.93. The molecule has 1 aliphatic rings. The molecule has 0 atom stereocenters. The molecule has 0 radical (unpaired) electrons. The highest BCUT2D eigenvalue weighted by atomic mass is 19.1. The molecule has 11 nitrogen and oxygen atoms in total. The Hall–Kier alpha value is -5.40. The van der Waals surface area contributed by atoms with Crippen molar-refractivity contribution < 1.29 is 18.9 Å². The molecule has 0 spiro atoms. The Labute approximate surface area is 301 Å². The van der Waals surface area contributed by atoms with Crippen molar-refractivity contribution in [2.24, 2.45) is 0 Å². The number of anilines is 2. The number of fused-ring (bicyclic) bond motifs is 2. The zero-order valence-electron chi connectivity index (χ0n) is 29.9. The summed E-state index contributed by atoms with van der Waals surface area (Å²) in [7, 11) is -0.439. The molecule has 4 aromatic heterocycles. The number of hydrogen-bond donors (Lipinski definition) is 2. The molecule has 6 aromatic rings. The van der Waals surface area contributed by atoms with Gasteiger partial charge in [-0.3, -0.25) is 9.59 Å². The van der Waals surface area contributed by atoms with E-state index in [1.165, 1.54) is 23.9 Å². The van der Waals surface area contributed by atoms with Gasteiger partial charge in [-0.1, -0.05) is 39.0 Å². The van der Waals surface area contributed by atoms with E-state index in [0.717, 1.165) is 42.6 Å². The first kappa shape index (κ1) is 35.0. The highest BCUT2D eigenvalue weighted by Gasteiger charge is 2.25. The number of benzene rings is 2. The van der Waals surface area contributed by atoms with E-state index >= 15 is 4.39 Å². The number of pyridine rings is 2. The Bertz CT molecular complexity index is 2340. The van der Waals surface area contributed by atoms with Crippen molar-refractivity contribution in [1.82, 2.24) is 29.0 Å². The van der Waals surface area contributed by atoms with E-state index in [9.17, 15) is 14.6 Å². The van der Waals surface area contributed by atoms with Crippen LogP contribution in [0.25, 0.3) is 33.2 Å². The molecular formula is C39H41BFN7O4. The Morgan fingerprint density at radius 1 is 1.10 bits per heavy atom. The fourth-order valence-electron chi connectivity index (χ4n) is 6.94. The van der Waals surface area contributed by atoms with E-state index in [-0.39, 0.29) is 17.4 Å². The molecule has 1 fully saturated rings. The third-order valence-corrected chi connectivity index (χ3v) is 9.88. The van der Waals surface area contributed by atoms with Crippen molar-refractivity contribution in [2.75, 3.05) is 18.4 Å². The molecule has 266 valence electrons. The van der Waals surface area contributed by atoms with Gasteiger partial charge in [-0.25, -0.2) is 14.4 Å². The Morgan fingerprint density at radius 3 is 2.58 bits per heavy atom. The van der Waals surface area contributed by atoms with Crippen molar-refractivity contribution in [3.63, 3.8) is 0 Å². The normalized spacial score (nSPS) is 14.2. The lowest BCUT2D eigenvalue weighted by molar-refractivity contribution is -0.142. The highest BCUT2D eigenvalue weighted by molar-refractivity contribution is 6.45. The minimum atomic E-state index is -0.620. The van der Waals surface area contributed by atoms with E-state index < -0.39 is 24.4 Å². The van der Waals surface area contributed by atoms with Gasteiger partial charge in [0.1, 0.15) is 18.2 Å². The van der Waals surface area contributed by atoms with Crippen molar-refractivity contribution in [3.05, 3.63) is 112 Å². The van der Waals surface area contributed by atoms with Crippen LogP contribution in [0.15, 0.2) is 84.3 Å². The molecule has 13 heteroatoms. The van der Waals surface area contributed by atoms with Crippen LogP contribution in [0.1, 0.15) is 63.1 Å². The van der Waals surface area contributed by atoms with E-state index in [1.807, 2.05) is 62.0 Å². The maximum absolute atomic E-state index is 15.6. The fraction of sp³-hybridized carbons (Fsp3) is 0.308. The van der Waals surface area contributed by atoms with E-state index in [2.05, 4.69) is 26.3 Å². The van der Waals surface area contributed by atoms with Crippen LogP contribution >= 0.6 is 0 Å². The lowest BCUT2D eigenvalue weighted by atomic mass is 9.80. The van der Waals surface area contributed by atoms with E-state index in [1.54, 1.807) is 31.2 Å². The van der Waals surface area contributed by atoms with Crippen molar-refractivity contribution in [2.45, 2.75) is 65.3 Å². The van der Waals surface area contributed by atoms with Crippen LogP contribution in [0, 0.1) is 5.82 Å². The molecule has 2 aromatic carbocycles. The van der Waals surface area contributed by atoms with Gasteiger partial charge in [0.15, 0.2) is 5.65 Å². The maximum Gasteiger partial charge on any atom is 0.376 e. The molecule has 52 heavy (non-hydrogen) atoms. The van der Waals surface area contributed by atoms with Crippen molar-refractivity contribution in [3.8, 4) is 16.8 Å². The summed E-state index contributed by atoms with van der Waals surface area (Å²) in [6.45, 7) is 10.6. The lowest BCUT2D eigenvalue weighted by Crippen LogP contribution is -2.42. The zero-order chi connectivity index (χ0) is 36.7. The minimum Gasteiger partial charge on any atom is -0.461 e. The summed E-state index contributed by atoms with van der Waals surface area (Å²) in [5.74, 6) is -0.0878. The number of hydrogen-bond acceptors (Lipinski definition) is 9. The number of ether oxygens (including phenoxy) is 1. The maximum atomic E-state index is 15.6. The standard InChI is InChI=1S/C39H41BFN7O4/c1-24(49)52-23-31-30(7-6-8-34(31)48-38(50)36-27(21-44-48)17-29(19-32(36)41)39(2,3)4)28-18-33(37-42-13-16-46(37)22-28)45-35-10-9-26(20-43-35)25-11-14-47(15-12-25)40(5)51/h6-10,13,16-22,25,51H,11-12,14-15,23H2,1-5H3,(H,43,45). The summed E-state index contributed by atoms with van der Waals surface area (Å²) in [5, 5.41) is 18.2. The molecule has 1 saturated heterocycles. The quantitative estimate of drug-likeness (QED) is 0.133. The van der Waals surface area contributed by atoms with Crippen molar-refractivity contribution in [1.29, 1.82) is 0 Å². The first-order valence-corrected chi connectivity index (χ1v) is 17.5. The molecule has 1 aliphatic heterocycles. The molecule has 0 amide bonds. The number of piperidine rings is 1. The van der Waals surface area contributed by atoms with Gasteiger partial charge in [-0.2, -0.15) is 9.78 Å². The predicted molar refractivity (Wildman–Crippen MR) is 201 cm³/mol. The van der Waals surface area contributed by atoms with Gasteiger partial charge in [0.05, 0.1) is 23.0 Å². The number of imidazole rings is 1. The van der Waals surface area contributed by atoms with Crippen LogP contribution in [0.3, 0.4) is 0 Å². The number of nitrogens with one attached hydrogen (secondary N) is 1. The first-order chi connectivity index (χ1) is 24.9. The van der Waals surface area contributed by atoms with Gasteiger partial charge in [0, 0.05) is 48.2 Å². The second-order valence-electron chi connectivity index (χ2n) is 14.5. The van der Waals surface area contributed by atoms with Crippen molar-refractivity contribution >= 4 is 40.9 Å². The smallest absolute Gasteiger partial charge is 0.376 e. The van der Waals surface area contributed by atoms with Gasteiger partial charge >= 0.3 is 13.0 Å². The summed E-state index contributed by atoms with van der Waals surface area (Å²) in [6, 6.07) is 14.6. The third-order valence-electron chi connectivity index (χ3n) is 9.88. The van der Waals surface area contributed by atoms with E-state index in [0.29, 0.717) is 45.3 Å². The minimum absolute atomic E-state index is 0.0677. The molecule has 7 rings (SSSR count). The first-order valence-electron chi connectivity index (χ1n) is 17.5. The van der Waals surface area contributed by atoms with Crippen LogP contribution in [0.2, 0.25) is 6.82 Å². The molecule has 0 bridgehead atoms. The second kappa shape index (κ2) is 14.0. The Kier molecular flexibility index (Phi) is 9.41. The van der Waals surface area contributed by atoms with Gasteiger partial charge in [0.2, 0.25) is 0 Å². The summed E-state index contributed by atoms with van der Waals surface area (Å²) in [5.41, 5.74) is 4.65. The number of carbonyl (C=O) groups excluding carboxylic acids is 1. The fourth-order valence-corrected chi connectivity index (χ4v) is 6.94. The Morgan fingerprint density at radius 2 is 1.88 bits per heavy atom. The highest BCUT2D eigenvalue weighted by Crippen LogP contribution is 2.34. The summed E-state index contributed by atoms with van der Waals surface area (Å²) >= 11 is 0. The van der Waals surface area contributed by atoms with Crippen LogP contribution in [-0.4, -0.2) is 60.1 Å². The summed E-state index contributed by atoms with van der Waals surface area (Å²) < 4.78 is 24.2. The van der Waals surface area contributed by atoms with Crippen LogP contribution < -0.4 is 10.9 Å². The number of aromatic nitrogens is 5. The second-order valence-corrected chi connectivity index (χ2v) is 14.5. The average Bonchev–Trinajstić information content (AvgIpc) is 3.60. The van der Waals surface area contributed by atoms with Crippen LogP contribution in [0.4, 0.5) is 15.9 Å². The number of rotatable bonds is 8. The largest absolute Gasteiger partial charge is 0.461 e. The topological polar surface area (TPSA) is 127 Å². The molecule has 0 aliphatic carbocycles. The zero-order valence-corrected chi connectivity index (χ0v) is 29.9. The SMILES string of the molecule is CB(O)N1CCC(c2ccc(Nc3cc(-c4cccc(-n5ncc6cc(C(C)(C)C)cc(F)c6c5=O)c4COC(C)=O)cn4ccnc34)nc2)CC1. The predicted octanol–water partition coefficient (Wildman–Crippen LogP) is 6.63. The number of nitrogens with zero attached hydrogens (tertiary/aromatic N) is 6. The van der Waals surface area contributed by atoms with E-state index in [4.69, 9.17) is 9.72 Å². The van der Waals surface area contributed by atoms with Gasteiger partial charge < -0.3 is 24.3 Å². The molecule has 2 N–H and O–H groups in total. The number of carbonyl (C=O) groups is 1. The molecular weight excluding hydrogens is 660 g/mol. The van der Waals surface area contributed by atoms with Gasteiger partial charge in [-0.15, -0.1) is 0 Å². The number of halogens is 1. The summed E-state index contributed by atoms with van der Waals surface area (Å²) in [6.07, 6.45) is 10.8. The van der Waals surface area contributed by atoms with Crippen LogP contribution in [-0.2, 0) is 21.6 Å². The lowest BCUT2D eigenvalue weighted by Gasteiger charge is -2.32. The monoisotopic (exact) mass is 701 g/mol.